The molecule has 0 aromatic heterocycles. The summed E-state index contributed by atoms with van der Waals surface area (Å²) in [6.07, 6.45) is 5.23. The maximum atomic E-state index is 11.2. The minimum Gasteiger partial charge on any atom is -0.496 e. The van der Waals surface area contributed by atoms with Gasteiger partial charge in [0.15, 0.2) is 0 Å². The minimum atomic E-state index is -0.518. The van der Waals surface area contributed by atoms with Crippen molar-refractivity contribution in [3.8, 4) is 5.75 Å². The molecule has 1 saturated heterocycles. The van der Waals surface area contributed by atoms with Crippen LogP contribution in [0.3, 0.4) is 0 Å². The van der Waals surface area contributed by atoms with E-state index in [1.54, 1.807) is 7.11 Å². The van der Waals surface area contributed by atoms with Crippen molar-refractivity contribution in [2.45, 2.75) is 43.7 Å². The molecule has 0 bridgehead atoms. The largest absolute Gasteiger partial charge is 0.496 e. The maximum absolute atomic E-state index is 11.2. The van der Waals surface area contributed by atoms with E-state index >= 15 is 0 Å². The Bertz CT molecular complexity index is 710. The molecule has 2 aromatic rings. The summed E-state index contributed by atoms with van der Waals surface area (Å²) in [5.41, 5.74) is 0.700. The molecule has 0 spiro atoms. The Labute approximate surface area is 137 Å². The summed E-state index contributed by atoms with van der Waals surface area (Å²) in [7, 11) is 1.74. The van der Waals surface area contributed by atoms with E-state index in [-0.39, 0.29) is 12.0 Å². The van der Waals surface area contributed by atoms with Crippen LogP contribution >= 0.6 is 0 Å². The molecule has 1 aliphatic heterocycles. The number of hydrogen-bond donors (Lipinski definition) is 2. The highest BCUT2D eigenvalue weighted by Crippen LogP contribution is 2.48. The van der Waals surface area contributed by atoms with Crippen molar-refractivity contribution in [3.63, 3.8) is 0 Å². The summed E-state index contributed by atoms with van der Waals surface area (Å²) in [5.74, 6) is 1.20. The molecule has 2 aliphatic rings. The highest BCUT2D eigenvalue weighted by atomic mass is 16.5. The monoisotopic (exact) mass is 311 g/mol. The van der Waals surface area contributed by atoms with Crippen LogP contribution in [0.15, 0.2) is 36.4 Å². The fourth-order valence-corrected chi connectivity index (χ4v) is 4.70. The Hall–Kier alpha value is -1.58. The zero-order valence-electron chi connectivity index (χ0n) is 13.7. The van der Waals surface area contributed by atoms with Gasteiger partial charge in [-0.05, 0) is 42.6 Å². The van der Waals surface area contributed by atoms with Crippen LogP contribution in [0.1, 0.15) is 43.7 Å². The molecular formula is C20H25NO2. The molecule has 1 heterocycles. The molecular weight excluding hydrogens is 286 g/mol. The lowest BCUT2D eigenvalue weighted by atomic mass is 9.66. The maximum Gasteiger partial charge on any atom is 0.124 e. The molecule has 2 fully saturated rings. The second-order valence-corrected chi connectivity index (χ2v) is 7.04. The predicted octanol–water partition coefficient (Wildman–Crippen LogP) is 3.80. The smallest absolute Gasteiger partial charge is 0.124 e. The lowest BCUT2D eigenvalue weighted by molar-refractivity contribution is -0.0861. The van der Waals surface area contributed by atoms with Gasteiger partial charge in [-0.2, -0.15) is 0 Å². The Morgan fingerprint density at radius 1 is 1.13 bits per heavy atom. The zero-order valence-corrected chi connectivity index (χ0v) is 13.7. The first kappa shape index (κ1) is 15.0. The first-order valence-electron chi connectivity index (χ1n) is 8.74. The summed E-state index contributed by atoms with van der Waals surface area (Å²) in [4.78, 5) is 0. The van der Waals surface area contributed by atoms with Gasteiger partial charge >= 0.3 is 0 Å². The molecule has 2 N–H and O–H groups in total. The number of methoxy groups -OCH3 is 1. The van der Waals surface area contributed by atoms with Gasteiger partial charge in [0.05, 0.1) is 12.7 Å². The molecule has 4 rings (SSSR count). The van der Waals surface area contributed by atoms with Crippen LogP contribution in [0.25, 0.3) is 10.8 Å². The Morgan fingerprint density at radius 2 is 2.00 bits per heavy atom. The van der Waals surface area contributed by atoms with Gasteiger partial charge < -0.3 is 15.2 Å². The van der Waals surface area contributed by atoms with Crippen molar-refractivity contribution in [2.24, 2.45) is 5.92 Å². The number of piperidine rings is 1. The van der Waals surface area contributed by atoms with Gasteiger partial charge in [-0.25, -0.2) is 0 Å². The first-order chi connectivity index (χ1) is 11.2. The average Bonchev–Trinajstić information content (AvgIpc) is 2.59. The minimum absolute atomic E-state index is 0.162. The molecule has 0 radical (unpaired) electrons. The van der Waals surface area contributed by atoms with Gasteiger partial charge in [-0.3, -0.25) is 0 Å². The number of hydrogen-bond acceptors (Lipinski definition) is 3. The summed E-state index contributed by atoms with van der Waals surface area (Å²) >= 11 is 0. The quantitative estimate of drug-likeness (QED) is 0.886. The molecule has 0 unspecified atom stereocenters. The standard InChI is InChI=1S/C20H25NO2/c1-23-17-10-9-14-6-2-3-7-15(14)18(17)19-16-8-4-5-11-20(16,22)12-13-21-19/h2-3,6-7,9-10,16,19,21-22H,4-5,8,11-13H2,1H3/t16-,19+,20+/m1/s1. The molecule has 1 saturated carbocycles. The highest BCUT2D eigenvalue weighted by molar-refractivity contribution is 5.88. The van der Waals surface area contributed by atoms with Gasteiger partial charge in [0.1, 0.15) is 5.75 Å². The van der Waals surface area contributed by atoms with Crippen molar-refractivity contribution >= 4 is 10.8 Å². The SMILES string of the molecule is COc1ccc2ccccc2c1[C@H]1NCC[C@@]2(O)CCCC[C@H]12. The molecule has 122 valence electrons. The number of benzene rings is 2. The van der Waals surface area contributed by atoms with Gasteiger partial charge in [-0.15, -0.1) is 0 Å². The van der Waals surface area contributed by atoms with Crippen LogP contribution in [0.4, 0.5) is 0 Å². The van der Waals surface area contributed by atoms with E-state index in [1.807, 2.05) is 0 Å². The second-order valence-electron chi connectivity index (χ2n) is 7.04. The van der Waals surface area contributed by atoms with E-state index in [2.05, 4.69) is 41.7 Å². The van der Waals surface area contributed by atoms with Crippen molar-refractivity contribution in [3.05, 3.63) is 42.0 Å². The topological polar surface area (TPSA) is 41.5 Å². The molecule has 23 heavy (non-hydrogen) atoms. The second kappa shape index (κ2) is 5.81. The third-order valence-corrected chi connectivity index (χ3v) is 5.85. The zero-order chi connectivity index (χ0) is 15.9. The fraction of sp³-hybridized carbons (Fsp3) is 0.500. The van der Waals surface area contributed by atoms with Crippen LogP contribution in [0, 0.1) is 5.92 Å². The van der Waals surface area contributed by atoms with E-state index in [0.29, 0.717) is 0 Å². The molecule has 3 heteroatoms. The fourth-order valence-electron chi connectivity index (χ4n) is 4.70. The summed E-state index contributed by atoms with van der Waals surface area (Å²) < 4.78 is 5.70. The molecule has 2 aromatic carbocycles. The van der Waals surface area contributed by atoms with Crippen LogP contribution in [0.5, 0.6) is 5.75 Å². The average molecular weight is 311 g/mol. The van der Waals surface area contributed by atoms with E-state index < -0.39 is 5.60 Å². The lowest BCUT2D eigenvalue weighted by Gasteiger charge is -2.48. The van der Waals surface area contributed by atoms with Crippen molar-refractivity contribution in [2.75, 3.05) is 13.7 Å². The highest BCUT2D eigenvalue weighted by Gasteiger charge is 2.46. The Balaban J connectivity index is 1.87. The van der Waals surface area contributed by atoms with Crippen molar-refractivity contribution in [1.82, 2.24) is 5.32 Å². The summed E-state index contributed by atoms with van der Waals surface area (Å²) in [5, 5.41) is 17.3. The van der Waals surface area contributed by atoms with Crippen molar-refractivity contribution in [1.29, 1.82) is 0 Å². The molecule has 0 amide bonds. The van der Waals surface area contributed by atoms with Gasteiger partial charge in [0.2, 0.25) is 0 Å². The molecule has 3 nitrogen and oxygen atoms in total. The number of aliphatic hydroxyl groups is 1. The number of rotatable bonds is 2. The Kier molecular flexibility index (Phi) is 3.78. The summed E-state index contributed by atoms with van der Waals surface area (Å²) in [6, 6.07) is 12.8. The number of fused-ring (bicyclic) bond motifs is 2. The predicted molar refractivity (Wildman–Crippen MR) is 92.8 cm³/mol. The number of nitrogens with one attached hydrogen (secondary N) is 1. The number of ether oxygens (including phenoxy) is 1. The van der Waals surface area contributed by atoms with Crippen LogP contribution in [-0.2, 0) is 0 Å². The van der Waals surface area contributed by atoms with Gasteiger partial charge in [0.25, 0.3) is 0 Å². The summed E-state index contributed by atoms with van der Waals surface area (Å²) in [6.45, 7) is 0.865. The van der Waals surface area contributed by atoms with E-state index in [0.717, 1.165) is 38.0 Å². The van der Waals surface area contributed by atoms with Crippen LogP contribution in [-0.4, -0.2) is 24.4 Å². The van der Waals surface area contributed by atoms with Crippen LogP contribution < -0.4 is 10.1 Å². The molecule has 3 atom stereocenters. The lowest BCUT2D eigenvalue weighted by Crippen LogP contribution is -2.53. The van der Waals surface area contributed by atoms with Crippen LogP contribution in [0.2, 0.25) is 0 Å². The molecule has 1 aliphatic carbocycles. The van der Waals surface area contributed by atoms with Gasteiger partial charge in [0, 0.05) is 17.5 Å². The third-order valence-electron chi connectivity index (χ3n) is 5.85. The third kappa shape index (κ3) is 2.43. The van der Waals surface area contributed by atoms with Crippen molar-refractivity contribution < 1.29 is 9.84 Å². The van der Waals surface area contributed by atoms with E-state index in [9.17, 15) is 5.11 Å². The van der Waals surface area contributed by atoms with E-state index in [1.165, 1.54) is 22.8 Å². The Morgan fingerprint density at radius 3 is 2.87 bits per heavy atom. The van der Waals surface area contributed by atoms with Gasteiger partial charge in [-0.1, -0.05) is 43.2 Å². The van der Waals surface area contributed by atoms with E-state index in [4.69, 9.17) is 4.74 Å². The first-order valence-corrected chi connectivity index (χ1v) is 8.74. The normalized spacial score (nSPS) is 30.9.